The number of benzene rings is 1. The van der Waals surface area contributed by atoms with Gasteiger partial charge in [-0.2, -0.15) is 0 Å². The Balaban J connectivity index is 1.72. The molecule has 1 aromatic rings. The Labute approximate surface area is 117 Å². The van der Waals surface area contributed by atoms with E-state index in [1.807, 2.05) is 0 Å². The minimum atomic E-state index is -3.00. The molecule has 1 aliphatic heterocycles. The van der Waals surface area contributed by atoms with E-state index < -0.39 is 15.9 Å². The van der Waals surface area contributed by atoms with Crippen LogP contribution in [0.15, 0.2) is 24.3 Å². The molecule has 0 unspecified atom stereocenters. The monoisotopic (exact) mass is 300 g/mol. The summed E-state index contributed by atoms with van der Waals surface area (Å²) in [6.07, 6.45) is 0.839. The maximum atomic E-state index is 13.3. The maximum Gasteiger partial charge on any atom is 0.315 e. The van der Waals surface area contributed by atoms with Gasteiger partial charge >= 0.3 is 6.03 Å². The number of halogens is 1. The zero-order valence-electron chi connectivity index (χ0n) is 10.9. The third kappa shape index (κ3) is 4.19. The summed E-state index contributed by atoms with van der Waals surface area (Å²) < 4.78 is 35.8. The molecule has 2 N–H and O–H groups in total. The summed E-state index contributed by atoms with van der Waals surface area (Å²) in [5.41, 5.74) is 0.538. The minimum Gasteiger partial charge on any atom is -0.338 e. The summed E-state index contributed by atoms with van der Waals surface area (Å²) in [5.74, 6) is -0.183. The van der Waals surface area contributed by atoms with Crippen LogP contribution in [0, 0.1) is 5.82 Å². The molecule has 1 fully saturated rings. The van der Waals surface area contributed by atoms with E-state index in [1.165, 1.54) is 6.07 Å². The number of amides is 2. The Hall–Kier alpha value is -1.63. The normalized spacial score (nSPS) is 20.6. The predicted molar refractivity (Wildman–Crippen MR) is 73.7 cm³/mol. The Morgan fingerprint density at radius 1 is 1.35 bits per heavy atom. The molecule has 110 valence electrons. The first-order valence-electron chi connectivity index (χ1n) is 6.44. The maximum absolute atomic E-state index is 13.3. The van der Waals surface area contributed by atoms with E-state index in [9.17, 15) is 17.6 Å². The van der Waals surface area contributed by atoms with Gasteiger partial charge < -0.3 is 10.6 Å². The van der Waals surface area contributed by atoms with Crippen LogP contribution in [0.1, 0.15) is 12.0 Å². The Morgan fingerprint density at radius 3 is 2.75 bits per heavy atom. The third-order valence-electron chi connectivity index (χ3n) is 3.21. The van der Waals surface area contributed by atoms with E-state index in [0.717, 1.165) is 0 Å². The fourth-order valence-electron chi connectivity index (χ4n) is 2.16. The van der Waals surface area contributed by atoms with Crippen LogP contribution < -0.4 is 10.6 Å². The van der Waals surface area contributed by atoms with Crippen molar-refractivity contribution in [2.45, 2.75) is 18.9 Å². The van der Waals surface area contributed by atoms with Gasteiger partial charge in [0.1, 0.15) is 5.82 Å². The van der Waals surface area contributed by atoms with E-state index in [1.54, 1.807) is 18.2 Å². The largest absolute Gasteiger partial charge is 0.338 e. The molecular weight excluding hydrogens is 283 g/mol. The number of carbonyl (C=O) groups excluding carboxylic acids is 1. The van der Waals surface area contributed by atoms with Crippen molar-refractivity contribution >= 4 is 15.9 Å². The van der Waals surface area contributed by atoms with Gasteiger partial charge in [-0.05, 0) is 24.5 Å². The summed E-state index contributed by atoms with van der Waals surface area (Å²) in [6.45, 7) is 0.298. The topological polar surface area (TPSA) is 75.3 Å². The molecule has 7 heteroatoms. The molecule has 2 amide bonds. The van der Waals surface area contributed by atoms with Gasteiger partial charge in [-0.1, -0.05) is 18.2 Å². The average Bonchev–Trinajstić information content (AvgIpc) is 2.71. The molecule has 0 spiro atoms. The molecule has 2 rings (SSSR count). The second kappa shape index (κ2) is 6.21. The summed E-state index contributed by atoms with van der Waals surface area (Å²) in [6, 6.07) is 5.65. The molecule has 0 radical (unpaired) electrons. The zero-order chi connectivity index (χ0) is 14.6. The van der Waals surface area contributed by atoms with Gasteiger partial charge in [0, 0.05) is 12.6 Å². The SMILES string of the molecule is O=C(NCCc1ccccc1F)N[C@H]1CCS(=O)(=O)C1. The highest BCUT2D eigenvalue weighted by Crippen LogP contribution is 2.11. The van der Waals surface area contributed by atoms with Gasteiger partial charge in [0.25, 0.3) is 0 Å². The van der Waals surface area contributed by atoms with Crippen molar-refractivity contribution < 1.29 is 17.6 Å². The molecule has 0 bridgehead atoms. The molecule has 1 saturated heterocycles. The van der Waals surface area contributed by atoms with Crippen molar-refractivity contribution in [3.8, 4) is 0 Å². The second-order valence-electron chi connectivity index (χ2n) is 4.84. The Bertz CT molecular complexity index is 589. The number of hydrogen-bond acceptors (Lipinski definition) is 3. The molecule has 20 heavy (non-hydrogen) atoms. The molecule has 1 aromatic carbocycles. The van der Waals surface area contributed by atoms with Crippen molar-refractivity contribution in [3.05, 3.63) is 35.6 Å². The van der Waals surface area contributed by atoms with E-state index in [4.69, 9.17) is 0 Å². The highest BCUT2D eigenvalue weighted by molar-refractivity contribution is 7.91. The first kappa shape index (κ1) is 14.8. The summed E-state index contributed by atoms with van der Waals surface area (Å²) in [7, 11) is -3.00. The second-order valence-corrected chi connectivity index (χ2v) is 7.07. The lowest BCUT2D eigenvalue weighted by molar-refractivity contribution is 0.238. The van der Waals surface area contributed by atoms with Crippen LogP contribution in [0.5, 0.6) is 0 Å². The molecule has 5 nitrogen and oxygen atoms in total. The zero-order valence-corrected chi connectivity index (χ0v) is 11.7. The van der Waals surface area contributed by atoms with Crippen LogP contribution in [0.2, 0.25) is 0 Å². The first-order chi connectivity index (χ1) is 9.46. The number of rotatable bonds is 4. The number of sulfone groups is 1. The van der Waals surface area contributed by atoms with Gasteiger partial charge in [0.05, 0.1) is 11.5 Å². The number of hydrogen-bond donors (Lipinski definition) is 2. The Kier molecular flexibility index (Phi) is 4.59. The molecule has 1 atom stereocenters. The van der Waals surface area contributed by atoms with Crippen LogP contribution in [-0.2, 0) is 16.3 Å². The molecular formula is C13H17FN2O3S. The van der Waals surface area contributed by atoms with Crippen molar-refractivity contribution in [3.63, 3.8) is 0 Å². The Morgan fingerprint density at radius 2 is 2.10 bits per heavy atom. The van der Waals surface area contributed by atoms with Gasteiger partial charge in [0.2, 0.25) is 0 Å². The number of carbonyl (C=O) groups is 1. The van der Waals surface area contributed by atoms with Crippen LogP contribution in [0.25, 0.3) is 0 Å². The predicted octanol–water partition coefficient (Wildman–Crippen LogP) is 0.855. The average molecular weight is 300 g/mol. The van der Waals surface area contributed by atoms with Gasteiger partial charge in [0.15, 0.2) is 9.84 Å². The van der Waals surface area contributed by atoms with Gasteiger partial charge in [-0.15, -0.1) is 0 Å². The first-order valence-corrected chi connectivity index (χ1v) is 8.26. The van der Waals surface area contributed by atoms with E-state index in [0.29, 0.717) is 24.9 Å². The fraction of sp³-hybridized carbons (Fsp3) is 0.462. The fourth-order valence-corrected chi connectivity index (χ4v) is 3.83. The summed E-state index contributed by atoms with van der Waals surface area (Å²) in [4.78, 5) is 11.6. The molecule has 0 saturated carbocycles. The molecule has 1 heterocycles. The van der Waals surface area contributed by atoms with Crippen molar-refractivity contribution in [1.82, 2.24) is 10.6 Å². The van der Waals surface area contributed by atoms with Gasteiger partial charge in [-0.3, -0.25) is 0 Å². The standard InChI is InChI=1S/C13H17FN2O3S/c14-12-4-2-1-3-10(12)5-7-15-13(17)16-11-6-8-20(18,19)9-11/h1-4,11H,5-9H2,(H2,15,16,17)/t11-/m0/s1. The quantitative estimate of drug-likeness (QED) is 0.866. The number of urea groups is 1. The van der Waals surface area contributed by atoms with Crippen molar-refractivity contribution in [1.29, 1.82) is 0 Å². The summed E-state index contributed by atoms with van der Waals surface area (Å²) >= 11 is 0. The third-order valence-corrected chi connectivity index (χ3v) is 4.97. The highest BCUT2D eigenvalue weighted by Gasteiger charge is 2.28. The van der Waals surface area contributed by atoms with Crippen LogP contribution >= 0.6 is 0 Å². The van der Waals surface area contributed by atoms with Crippen molar-refractivity contribution in [2.75, 3.05) is 18.1 Å². The van der Waals surface area contributed by atoms with Crippen molar-refractivity contribution in [2.24, 2.45) is 0 Å². The molecule has 0 aliphatic carbocycles. The van der Waals surface area contributed by atoms with E-state index >= 15 is 0 Å². The molecule has 0 aromatic heterocycles. The van der Waals surface area contributed by atoms with Crippen LogP contribution in [0.4, 0.5) is 9.18 Å². The lowest BCUT2D eigenvalue weighted by atomic mass is 10.1. The smallest absolute Gasteiger partial charge is 0.315 e. The lowest BCUT2D eigenvalue weighted by Crippen LogP contribution is -2.43. The molecule has 1 aliphatic rings. The number of nitrogens with one attached hydrogen (secondary N) is 2. The van der Waals surface area contributed by atoms with E-state index in [2.05, 4.69) is 10.6 Å². The highest BCUT2D eigenvalue weighted by atomic mass is 32.2. The van der Waals surface area contributed by atoms with Crippen LogP contribution in [-0.4, -0.2) is 38.5 Å². The summed E-state index contributed by atoms with van der Waals surface area (Å²) in [5, 5.41) is 5.21. The van der Waals surface area contributed by atoms with Gasteiger partial charge in [-0.25, -0.2) is 17.6 Å². The lowest BCUT2D eigenvalue weighted by Gasteiger charge is -2.12. The van der Waals surface area contributed by atoms with Crippen LogP contribution in [0.3, 0.4) is 0 Å². The van der Waals surface area contributed by atoms with E-state index in [-0.39, 0.29) is 23.4 Å². The minimum absolute atomic E-state index is 0.00622.